The number of anilines is 1. The summed E-state index contributed by atoms with van der Waals surface area (Å²) in [6.45, 7) is 1.80. The van der Waals surface area contributed by atoms with Gasteiger partial charge in [-0.25, -0.2) is 4.39 Å². The van der Waals surface area contributed by atoms with E-state index >= 15 is 0 Å². The molecule has 0 aliphatic heterocycles. The van der Waals surface area contributed by atoms with Crippen LogP contribution in [0.25, 0.3) is 0 Å². The predicted molar refractivity (Wildman–Crippen MR) is 42.1 cm³/mol. The van der Waals surface area contributed by atoms with Crippen LogP contribution in [-0.2, 0) is 0 Å². The van der Waals surface area contributed by atoms with E-state index in [1.807, 2.05) is 0 Å². The van der Waals surface area contributed by atoms with E-state index in [-0.39, 0.29) is 5.75 Å². The standard InChI is InChI=1S/C8H10FNO/c1-5-3-4-6(9)8(11-2)7(5)10/h3-4H,10H2,1-2H3. The third kappa shape index (κ3) is 1.27. The number of halogens is 1. The Morgan fingerprint density at radius 1 is 1.45 bits per heavy atom. The number of rotatable bonds is 1. The first-order valence-electron chi connectivity index (χ1n) is 3.25. The summed E-state index contributed by atoms with van der Waals surface area (Å²) in [4.78, 5) is 0. The van der Waals surface area contributed by atoms with Gasteiger partial charge in [0.05, 0.1) is 12.8 Å². The lowest BCUT2D eigenvalue weighted by Gasteiger charge is -2.06. The Labute approximate surface area is 64.8 Å². The number of nitrogen functional groups attached to an aromatic ring is 1. The van der Waals surface area contributed by atoms with E-state index in [9.17, 15) is 4.39 Å². The molecule has 0 heterocycles. The van der Waals surface area contributed by atoms with E-state index in [0.29, 0.717) is 5.69 Å². The molecule has 1 aromatic carbocycles. The zero-order chi connectivity index (χ0) is 8.43. The molecule has 0 aliphatic rings. The van der Waals surface area contributed by atoms with Crippen molar-refractivity contribution in [1.29, 1.82) is 0 Å². The van der Waals surface area contributed by atoms with Gasteiger partial charge in [-0.2, -0.15) is 0 Å². The number of benzene rings is 1. The van der Waals surface area contributed by atoms with Gasteiger partial charge in [-0.1, -0.05) is 6.07 Å². The van der Waals surface area contributed by atoms with Crippen LogP contribution in [0.1, 0.15) is 5.56 Å². The molecule has 11 heavy (non-hydrogen) atoms. The van der Waals surface area contributed by atoms with Crippen LogP contribution in [-0.4, -0.2) is 7.11 Å². The Bertz CT molecular complexity index is 273. The number of nitrogens with two attached hydrogens (primary N) is 1. The minimum atomic E-state index is -0.421. The molecule has 2 nitrogen and oxygen atoms in total. The number of methoxy groups -OCH3 is 1. The molecule has 2 N–H and O–H groups in total. The average molecular weight is 155 g/mol. The zero-order valence-corrected chi connectivity index (χ0v) is 6.52. The summed E-state index contributed by atoms with van der Waals surface area (Å²) < 4.78 is 17.6. The molecule has 0 aliphatic carbocycles. The van der Waals surface area contributed by atoms with Gasteiger partial charge in [-0.15, -0.1) is 0 Å². The van der Waals surface area contributed by atoms with E-state index in [4.69, 9.17) is 10.5 Å². The highest BCUT2D eigenvalue weighted by atomic mass is 19.1. The Morgan fingerprint density at radius 2 is 2.09 bits per heavy atom. The second kappa shape index (κ2) is 2.78. The highest BCUT2D eigenvalue weighted by molar-refractivity contribution is 5.58. The summed E-state index contributed by atoms with van der Waals surface area (Å²) in [7, 11) is 1.40. The van der Waals surface area contributed by atoms with Gasteiger partial charge in [0.2, 0.25) is 0 Å². The second-order valence-electron chi connectivity index (χ2n) is 2.31. The van der Waals surface area contributed by atoms with Crippen molar-refractivity contribution in [2.75, 3.05) is 12.8 Å². The lowest BCUT2D eigenvalue weighted by atomic mass is 10.2. The Kier molecular flexibility index (Phi) is 1.98. The third-order valence-corrected chi connectivity index (χ3v) is 1.57. The van der Waals surface area contributed by atoms with Crippen LogP contribution < -0.4 is 10.5 Å². The topological polar surface area (TPSA) is 35.2 Å². The molecule has 0 atom stereocenters. The summed E-state index contributed by atoms with van der Waals surface area (Å²) in [6.07, 6.45) is 0. The summed E-state index contributed by atoms with van der Waals surface area (Å²) in [6, 6.07) is 2.96. The van der Waals surface area contributed by atoms with Crippen LogP contribution in [0.15, 0.2) is 12.1 Å². The van der Waals surface area contributed by atoms with Gasteiger partial charge in [-0.3, -0.25) is 0 Å². The van der Waals surface area contributed by atoms with Crippen LogP contribution in [0, 0.1) is 12.7 Å². The minimum Gasteiger partial charge on any atom is -0.492 e. The quantitative estimate of drug-likeness (QED) is 0.627. The second-order valence-corrected chi connectivity index (χ2v) is 2.31. The molecule has 0 radical (unpaired) electrons. The summed E-state index contributed by atoms with van der Waals surface area (Å²) >= 11 is 0. The normalized spacial score (nSPS) is 9.73. The fourth-order valence-corrected chi connectivity index (χ4v) is 0.879. The summed E-state index contributed by atoms with van der Waals surface area (Å²) in [5, 5.41) is 0. The molecule has 0 saturated carbocycles. The molecule has 1 aromatic rings. The van der Waals surface area contributed by atoms with Crippen LogP contribution in [0.4, 0.5) is 10.1 Å². The van der Waals surface area contributed by atoms with E-state index in [1.54, 1.807) is 13.0 Å². The Balaban J connectivity index is 3.29. The van der Waals surface area contributed by atoms with Crippen molar-refractivity contribution in [2.24, 2.45) is 0 Å². The van der Waals surface area contributed by atoms with Crippen molar-refractivity contribution < 1.29 is 9.13 Å². The molecule has 0 bridgehead atoms. The maximum atomic E-state index is 12.8. The molecule has 0 spiro atoms. The highest BCUT2D eigenvalue weighted by Crippen LogP contribution is 2.27. The van der Waals surface area contributed by atoms with Crippen LogP contribution in [0.2, 0.25) is 0 Å². The van der Waals surface area contributed by atoms with Crippen molar-refractivity contribution in [3.05, 3.63) is 23.5 Å². The smallest absolute Gasteiger partial charge is 0.177 e. The monoisotopic (exact) mass is 155 g/mol. The van der Waals surface area contributed by atoms with Crippen molar-refractivity contribution in [3.63, 3.8) is 0 Å². The van der Waals surface area contributed by atoms with E-state index in [2.05, 4.69) is 0 Å². The first-order valence-corrected chi connectivity index (χ1v) is 3.25. The molecule has 0 fully saturated rings. The largest absolute Gasteiger partial charge is 0.492 e. The molecule has 3 heteroatoms. The highest BCUT2D eigenvalue weighted by Gasteiger charge is 2.07. The molecule has 1 rings (SSSR count). The summed E-state index contributed by atoms with van der Waals surface area (Å²) in [5.74, 6) is -0.291. The summed E-state index contributed by atoms with van der Waals surface area (Å²) in [5.41, 5.74) is 6.72. The predicted octanol–water partition coefficient (Wildman–Crippen LogP) is 1.72. The lowest BCUT2D eigenvalue weighted by Crippen LogP contribution is -1.97. The maximum absolute atomic E-state index is 12.8. The zero-order valence-electron chi connectivity index (χ0n) is 6.52. The van der Waals surface area contributed by atoms with Gasteiger partial charge >= 0.3 is 0 Å². The third-order valence-electron chi connectivity index (χ3n) is 1.57. The Morgan fingerprint density at radius 3 is 2.55 bits per heavy atom. The van der Waals surface area contributed by atoms with Gasteiger partial charge in [0.15, 0.2) is 11.6 Å². The van der Waals surface area contributed by atoms with Gasteiger partial charge < -0.3 is 10.5 Å². The number of ether oxygens (including phenoxy) is 1. The SMILES string of the molecule is COc1c(F)ccc(C)c1N. The van der Waals surface area contributed by atoms with E-state index < -0.39 is 5.82 Å². The lowest BCUT2D eigenvalue weighted by molar-refractivity contribution is 0.388. The minimum absolute atomic E-state index is 0.130. The van der Waals surface area contributed by atoms with Crippen LogP contribution in [0.3, 0.4) is 0 Å². The molecular weight excluding hydrogens is 145 g/mol. The maximum Gasteiger partial charge on any atom is 0.177 e. The van der Waals surface area contributed by atoms with Gasteiger partial charge in [0, 0.05) is 0 Å². The first kappa shape index (κ1) is 7.85. The number of hydrogen-bond acceptors (Lipinski definition) is 2. The van der Waals surface area contributed by atoms with Crippen molar-refractivity contribution in [1.82, 2.24) is 0 Å². The van der Waals surface area contributed by atoms with Crippen molar-refractivity contribution in [2.45, 2.75) is 6.92 Å². The fraction of sp³-hybridized carbons (Fsp3) is 0.250. The van der Waals surface area contributed by atoms with Crippen molar-refractivity contribution in [3.8, 4) is 5.75 Å². The Hall–Kier alpha value is -1.25. The molecule has 60 valence electrons. The molecule has 0 amide bonds. The van der Waals surface area contributed by atoms with Crippen molar-refractivity contribution >= 4 is 5.69 Å². The first-order chi connectivity index (χ1) is 5.16. The molecular formula is C8H10FNO. The molecule has 0 unspecified atom stereocenters. The number of hydrogen-bond donors (Lipinski definition) is 1. The molecule has 0 aromatic heterocycles. The number of aryl methyl sites for hydroxylation is 1. The van der Waals surface area contributed by atoms with Crippen LogP contribution >= 0.6 is 0 Å². The van der Waals surface area contributed by atoms with Gasteiger partial charge in [0.25, 0.3) is 0 Å². The fourth-order valence-electron chi connectivity index (χ4n) is 0.879. The molecule has 0 saturated heterocycles. The average Bonchev–Trinajstić information content (AvgIpc) is 1.99. The van der Waals surface area contributed by atoms with Gasteiger partial charge in [0.1, 0.15) is 0 Å². The van der Waals surface area contributed by atoms with E-state index in [1.165, 1.54) is 13.2 Å². The van der Waals surface area contributed by atoms with Gasteiger partial charge in [-0.05, 0) is 18.6 Å². The van der Waals surface area contributed by atoms with Crippen LogP contribution in [0.5, 0.6) is 5.75 Å². The van der Waals surface area contributed by atoms with E-state index in [0.717, 1.165) is 5.56 Å².